The lowest BCUT2D eigenvalue weighted by molar-refractivity contribution is 1.24. The summed E-state index contributed by atoms with van der Waals surface area (Å²) in [7, 11) is 0. The van der Waals surface area contributed by atoms with Crippen molar-refractivity contribution in [1.29, 1.82) is 0 Å². The number of hydrogen-bond acceptors (Lipinski definition) is 2. The molecular formula is C21H20N4. The van der Waals surface area contributed by atoms with Crippen LogP contribution in [-0.2, 0) is 0 Å². The molecule has 4 rings (SSSR count). The molecule has 2 aliphatic rings. The van der Waals surface area contributed by atoms with Crippen molar-refractivity contribution in [2.45, 2.75) is 13.8 Å². The molecule has 0 fully saturated rings. The van der Waals surface area contributed by atoms with E-state index in [-0.39, 0.29) is 0 Å². The Bertz CT molecular complexity index is 1070. The van der Waals surface area contributed by atoms with Crippen molar-refractivity contribution in [3.63, 3.8) is 0 Å². The first-order valence-electron chi connectivity index (χ1n) is 8.41. The second kappa shape index (κ2) is 6.40. The molecule has 0 aliphatic carbocycles. The van der Waals surface area contributed by atoms with Crippen LogP contribution in [0.25, 0.3) is 17.2 Å². The Kier molecular flexibility index (Phi) is 3.94. The van der Waals surface area contributed by atoms with Crippen molar-refractivity contribution in [1.82, 2.24) is 9.97 Å². The van der Waals surface area contributed by atoms with E-state index in [1.54, 1.807) is 0 Å². The summed E-state index contributed by atoms with van der Waals surface area (Å²) in [5.74, 6) is 0. The number of nitrogens with one attached hydrogen (secondary N) is 2. The van der Waals surface area contributed by atoms with E-state index in [1.807, 2.05) is 18.4 Å². The molecule has 124 valence electrons. The molecule has 25 heavy (non-hydrogen) atoms. The molecule has 2 aromatic heterocycles. The Hall–Kier alpha value is -3.14. The average molecular weight is 328 g/mol. The summed E-state index contributed by atoms with van der Waals surface area (Å²) in [6.45, 7) is 4.96. The smallest absolute Gasteiger partial charge is 0.0680 e. The number of hydrogen-bond donors (Lipinski definition) is 2. The highest BCUT2D eigenvalue weighted by molar-refractivity contribution is 6.24. The number of rotatable bonds is 3. The van der Waals surface area contributed by atoms with Gasteiger partial charge >= 0.3 is 0 Å². The van der Waals surface area contributed by atoms with E-state index in [0.29, 0.717) is 0 Å². The highest BCUT2D eigenvalue weighted by Gasteiger charge is 2.06. The molecule has 0 saturated heterocycles. The highest BCUT2D eigenvalue weighted by atomic mass is 14.8. The fraction of sp³-hybridized carbons (Fsp3) is 0.143. The van der Waals surface area contributed by atoms with Gasteiger partial charge in [-0.15, -0.1) is 0 Å². The second-order valence-corrected chi connectivity index (χ2v) is 6.20. The third-order valence-electron chi connectivity index (χ3n) is 4.50. The van der Waals surface area contributed by atoms with E-state index >= 15 is 0 Å². The van der Waals surface area contributed by atoms with Gasteiger partial charge in [-0.25, -0.2) is 0 Å². The molecule has 4 heterocycles. The fourth-order valence-electron chi connectivity index (χ4n) is 3.01. The van der Waals surface area contributed by atoms with Crippen LogP contribution in [0.3, 0.4) is 0 Å². The SMILES string of the molecule is C/C(=C1\C=CC=N1)c1ccc(/C=c2/cc/c(=C(\C)C3=NCC=C3)[nH]2)[nH]1. The summed E-state index contributed by atoms with van der Waals surface area (Å²) in [5, 5.41) is 2.17. The lowest BCUT2D eigenvalue weighted by Gasteiger charge is -1.99. The fourth-order valence-corrected chi connectivity index (χ4v) is 3.01. The number of H-pyrrole nitrogens is 2. The van der Waals surface area contributed by atoms with Crippen LogP contribution in [0.15, 0.2) is 64.3 Å². The van der Waals surface area contributed by atoms with E-state index < -0.39 is 0 Å². The largest absolute Gasteiger partial charge is 0.355 e. The van der Waals surface area contributed by atoms with E-state index in [0.717, 1.165) is 45.6 Å². The van der Waals surface area contributed by atoms with Crippen LogP contribution in [-0.4, -0.2) is 28.4 Å². The van der Waals surface area contributed by atoms with Gasteiger partial charge in [0.2, 0.25) is 0 Å². The third kappa shape index (κ3) is 3.11. The van der Waals surface area contributed by atoms with Crippen molar-refractivity contribution in [3.8, 4) is 0 Å². The minimum atomic E-state index is 0.783. The predicted molar refractivity (Wildman–Crippen MR) is 105 cm³/mol. The van der Waals surface area contributed by atoms with Crippen molar-refractivity contribution in [3.05, 3.63) is 76.4 Å². The quantitative estimate of drug-likeness (QED) is 0.870. The monoisotopic (exact) mass is 328 g/mol. The molecule has 0 radical (unpaired) electrons. The molecule has 0 saturated carbocycles. The molecular weight excluding hydrogens is 308 g/mol. The van der Waals surface area contributed by atoms with Crippen LogP contribution in [0.5, 0.6) is 0 Å². The van der Waals surface area contributed by atoms with Crippen LogP contribution in [0.1, 0.15) is 25.2 Å². The van der Waals surface area contributed by atoms with E-state index in [9.17, 15) is 0 Å². The van der Waals surface area contributed by atoms with Crippen LogP contribution >= 0.6 is 0 Å². The zero-order valence-electron chi connectivity index (χ0n) is 14.4. The van der Waals surface area contributed by atoms with E-state index in [2.05, 4.69) is 76.3 Å². The lowest BCUT2D eigenvalue weighted by atomic mass is 10.2. The van der Waals surface area contributed by atoms with Gasteiger partial charge in [0.15, 0.2) is 0 Å². The first-order chi connectivity index (χ1) is 12.2. The van der Waals surface area contributed by atoms with Crippen LogP contribution in [0.2, 0.25) is 0 Å². The molecule has 2 aliphatic heterocycles. The number of aromatic amines is 2. The van der Waals surface area contributed by atoms with Crippen LogP contribution in [0, 0.1) is 0 Å². The normalized spacial score (nSPS) is 19.8. The zero-order chi connectivity index (χ0) is 17.2. The Balaban J connectivity index is 1.66. The van der Waals surface area contributed by atoms with Crippen molar-refractivity contribution >= 4 is 29.1 Å². The van der Waals surface area contributed by atoms with Crippen molar-refractivity contribution in [2.24, 2.45) is 9.98 Å². The Morgan fingerprint density at radius 1 is 1.04 bits per heavy atom. The standard InChI is InChI=1S/C21H20N4/c1-14(18-5-3-11-22-18)20-9-7-16(24-20)13-17-8-10-21(25-17)15(2)19-6-4-12-23-19/h3-11,13,24-25H,12H2,1-2H3/b17-13-,18-14-,21-15-. The van der Waals surface area contributed by atoms with Crippen molar-refractivity contribution < 1.29 is 0 Å². The number of nitrogens with zero attached hydrogens (tertiary/aromatic N) is 2. The molecule has 2 aromatic rings. The van der Waals surface area contributed by atoms with Gasteiger partial charge in [0.25, 0.3) is 0 Å². The molecule has 2 N–H and O–H groups in total. The van der Waals surface area contributed by atoms with Gasteiger partial charge in [0, 0.05) is 28.3 Å². The summed E-state index contributed by atoms with van der Waals surface area (Å²) in [4.78, 5) is 15.7. The minimum absolute atomic E-state index is 0.783. The molecule has 4 nitrogen and oxygen atoms in total. The molecule has 0 aromatic carbocycles. The maximum Gasteiger partial charge on any atom is 0.0680 e. The molecule has 4 heteroatoms. The number of allylic oxidation sites excluding steroid dienone is 4. The number of aliphatic imine (C=N–C) groups is 2. The third-order valence-corrected chi connectivity index (χ3v) is 4.50. The predicted octanol–water partition coefficient (Wildman–Crippen LogP) is 2.72. The maximum atomic E-state index is 4.48. The topological polar surface area (TPSA) is 56.3 Å². The van der Waals surface area contributed by atoms with Gasteiger partial charge in [-0.05, 0) is 73.6 Å². The molecule has 0 atom stereocenters. The van der Waals surface area contributed by atoms with Gasteiger partial charge in [-0.1, -0.05) is 6.08 Å². The molecule has 0 unspecified atom stereocenters. The second-order valence-electron chi connectivity index (χ2n) is 6.20. The summed E-state index contributed by atoms with van der Waals surface area (Å²) in [6.07, 6.45) is 12.1. The van der Waals surface area contributed by atoms with Gasteiger partial charge in [-0.2, -0.15) is 0 Å². The van der Waals surface area contributed by atoms with Gasteiger partial charge < -0.3 is 9.97 Å². The first kappa shape index (κ1) is 15.4. The Morgan fingerprint density at radius 3 is 2.72 bits per heavy atom. The van der Waals surface area contributed by atoms with Gasteiger partial charge in [-0.3, -0.25) is 9.98 Å². The average Bonchev–Trinajstić information content (AvgIpc) is 3.41. The number of aromatic nitrogens is 2. The van der Waals surface area contributed by atoms with E-state index in [4.69, 9.17) is 0 Å². The Labute approximate surface area is 146 Å². The molecule has 0 amide bonds. The van der Waals surface area contributed by atoms with Crippen LogP contribution < -0.4 is 10.7 Å². The summed E-state index contributed by atoms with van der Waals surface area (Å²) in [6, 6.07) is 8.37. The molecule has 0 bridgehead atoms. The summed E-state index contributed by atoms with van der Waals surface area (Å²) < 4.78 is 0. The summed E-state index contributed by atoms with van der Waals surface area (Å²) in [5.41, 5.74) is 6.53. The lowest BCUT2D eigenvalue weighted by Crippen LogP contribution is -2.15. The van der Waals surface area contributed by atoms with Crippen molar-refractivity contribution in [2.75, 3.05) is 6.54 Å². The highest BCUT2D eigenvalue weighted by Crippen LogP contribution is 2.21. The minimum Gasteiger partial charge on any atom is -0.355 e. The molecule has 0 spiro atoms. The Morgan fingerprint density at radius 2 is 1.96 bits per heavy atom. The van der Waals surface area contributed by atoms with E-state index in [1.165, 1.54) is 5.57 Å². The maximum absolute atomic E-state index is 4.48. The summed E-state index contributed by atoms with van der Waals surface area (Å²) >= 11 is 0. The zero-order valence-corrected chi connectivity index (χ0v) is 14.4. The van der Waals surface area contributed by atoms with Gasteiger partial charge in [0.1, 0.15) is 0 Å². The first-order valence-corrected chi connectivity index (χ1v) is 8.41. The van der Waals surface area contributed by atoms with Gasteiger partial charge in [0.05, 0.1) is 18.0 Å². The van der Waals surface area contributed by atoms with Crippen LogP contribution in [0.4, 0.5) is 0 Å².